The van der Waals surface area contributed by atoms with Gasteiger partial charge in [-0.2, -0.15) is 0 Å². The van der Waals surface area contributed by atoms with Crippen LogP contribution in [0.25, 0.3) is 0 Å². The Kier molecular flexibility index (Phi) is 9.66. The van der Waals surface area contributed by atoms with E-state index in [9.17, 15) is 25.9 Å². The van der Waals surface area contributed by atoms with Crippen molar-refractivity contribution in [1.29, 1.82) is 0 Å². The summed E-state index contributed by atoms with van der Waals surface area (Å²) in [5.74, 6) is 0. The molecule has 0 aromatic heterocycles. The zero-order chi connectivity index (χ0) is 16.4. The van der Waals surface area contributed by atoms with Gasteiger partial charge in [-0.05, 0) is 18.4 Å². The fraction of sp³-hybridized carbons (Fsp3) is 0.286. The van der Waals surface area contributed by atoms with Gasteiger partial charge in [0.05, 0.1) is 0 Å². The van der Waals surface area contributed by atoms with E-state index in [0.717, 1.165) is 5.56 Å². The van der Waals surface area contributed by atoms with E-state index in [2.05, 4.69) is 0 Å². The summed E-state index contributed by atoms with van der Waals surface area (Å²) in [6.07, 6.45) is 3.85. The SMILES string of the molecule is O=S(=O)([O-])C1(S(=O)(=O)[O-])C=CC(CCc2ccccc2)=CC1.[Na+].[Na+]. The molecule has 0 fully saturated rings. The Labute approximate surface area is 186 Å². The summed E-state index contributed by atoms with van der Waals surface area (Å²) in [6.45, 7) is 0. The summed E-state index contributed by atoms with van der Waals surface area (Å²) in [5, 5.41) is 0. The first-order chi connectivity index (χ1) is 10.2. The minimum absolute atomic E-state index is 0. The molecule has 0 amide bonds. The van der Waals surface area contributed by atoms with Gasteiger partial charge in [-0.1, -0.05) is 54.1 Å². The maximum Gasteiger partial charge on any atom is 1.00 e. The molecular weight excluding hydrogens is 374 g/mol. The Morgan fingerprint density at radius 1 is 0.917 bits per heavy atom. The smallest absolute Gasteiger partial charge is 0.747 e. The molecule has 1 aliphatic rings. The fourth-order valence-corrected chi connectivity index (χ4v) is 4.30. The van der Waals surface area contributed by atoms with Crippen LogP contribution in [0.3, 0.4) is 0 Å². The maximum atomic E-state index is 11.2. The molecule has 0 N–H and O–H groups in total. The van der Waals surface area contributed by atoms with Gasteiger partial charge in [0.25, 0.3) is 0 Å². The second-order valence-corrected chi connectivity index (χ2v) is 8.55. The van der Waals surface area contributed by atoms with E-state index in [1.54, 1.807) is 0 Å². The molecule has 10 heteroatoms. The molecule has 0 atom stereocenters. The summed E-state index contributed by atoms with van der Waals surface area (Å²) in [6, 6.07) is 9.53. The van der Waals surface area contributed by atoms with Gasteiger partial charge in [0.2, 0.25) is 0 Å². The van der Waals surface area contributed by atoms with Gasteiger partial charge in [0.15, 0.2) is 4.08 Å². The Morgan fingerprint density at radius 2 is 1.46 bits per heavy atom. The van der Waals surface area contributed by atoms with Crippen molar-refractivity contribution in [2.45, 2.75) is 23.3 Å². The average Bonchev–Trinajstić information content (AvgIpc) is 2.44. The maximum absolute atomic E-state index is 11.2. The molecule has 0 spiro atoms. The van der Waals surface area contributed by atoms with Gasteiger partial charge in [0, 0.05) is 6.42 Å². The number of rotatable bonds is 5. The fourth-order valence-electron chi connectivity index (χ4n) is 2.26. The molecule has 0 radical (unpaired) electrons. The van der Waals surface area contributed by atoms with Crippen molar-refractivity contribution in [3.05, 3.63) is 59.7 Å². The van der Waals surface area contributed by atoms with Crippen LogP contribution in [0.4, 0.5) is 0 Å². The van der Waals surface area contributed by atoms with Crippen LogP contribution in [-0.4, -0.2) is 30.0 Å². The van der Waals surface area contributed by atoms with Crippen molar-refractivity contribution < 1.29 is 85.1 Å². The van der Waals surface area contributed by atoms with E-state index in [-0.39, 0.29) is 59.1 Å². The summed E-state index contributed by atoms with van der Waals surface area (Å²) >= 11 is 0. The van der Waals surface area contributed by atoms with E-state index >= 15 is 0 Å². The second-order valence-electron chi connectivity index (χ2n) is 5.02. The Hall–Kier alpha value is 0.520. The molecule has 0 heterocycles. The van der Waals surface area contributed by atoms with Crippen molar-refractivity contribution in [2.24, 2.45) is 0 Å². The van der Waals surface area contributed by atoms with E-state index in [1.807, 2.05) is 30.3 Å². The summed E-state index contributed by atoms with van der Waals surface area (Å²) in [5.41, 5.74) is 1.76. The number of hydrogen-bond acceptors (Lipinski definition) is 6. The molecule has 0 saturated heterocycles. The number of benzene rings is 1. The van der Waals surface area contributed by atoms with E-state index in [1.165, 1.54) is 12.2 Å². The van der Waals surface area contributed by atoms with Crippen molar-refractivity contribution in [1.82, 2.24) is 0 Å². The molecule has 1 aromatic rings. The zero-order valence-corrected chi connectivity index (χ0v) is 19.1. The van der Waals surface area contributed by atoms with Crippen LogP contribution in [0.5, 0.6) is 0 Å². The van der Waals surface area contributed by atoms with E-state index in [4.69, 9.17) is 0 Å². The standard InChI is InChI=1S/C14H16O6S2.2Na/c15-21(16,17)14(22(18,19)20)10-8-13(9-11-14)7-6-12-4-2-1-3-5-12;;/h1-5,8-10H,6-7,11H2,(H,15,16,17)(H,18,19,20);;/q;2*+1/p-2. The van der Waals surface area contributed by atoms with Gasteiger partial charge in [-0.15, -0.1) is 0 Å². The van der Waals surface area contributed by atoms with Crippen LogP contribution >= 0.6 is 0 Å². The topological polar surface area (TPSA) is 114 Å². The van der Waals surface area contributed by atoms with Crippen LogP contribution in [-0.2, 0) is 26.7 Å². The third kappa shape index (κ3) is 5.51. The van der Waals surface area contributed by atoms with Crippen LogP contribution in [0.1, 0.15) is 18.4 Å². The Balaban J connectivity index is 0.00000264. The van der Waals surface area contributed by atoms with Gasteiger partial charge in [-0.3, -0.25) is 0 Å². The quantitative estimate of drug-likeness (QED) is 0.370. The Morgan fingerprint density at radius 3 is 1.88 bits per heavy atom. The van der Waals surface area contributed by atoms with Crippen molar-refractivity contribution in [2.75, 3.05) is 0 Å². The normalized spacial score (nSPS) is 16.5. The van der Waals surface area contributed by atoms with Crippen molar-refractivity contribution >= 4 is 20.2 Å². The summed E-state index contributed by atoms with van der Waals surface area (Å²) in [4.78, 5) is 0. The molecule has 6 nitrogen and oxygen atoms in total. The minimum atomic E-state index is -5.32. The van der Waals surface area contributed by atoms with Crippen LogP contribution < -0.4 is 59.1 Å². The van der Waals surface area contributed by atoms with Crippen LogP contribution in [0.2, 0.25) is 0 Å². The van der Waals surface area contributed by atoms with Gasteiger partial charge in [-0.25, -0.2) is 16.8 Å². The molecule has 2 rings (SSSR count). The summed E-state index contributed by atoms with van der Waals surface area (Å²) in [7, 11) is -10.6. The van der Waals surface area contributed by atoms with Crippen molar-refractivity contribution in [3.8, 4) is 0 Å². The van der Waals surface area contributed by atoms with Gasteiger partial charge < -0.3 is 9.11 Å². The predicted molar refractivity (Wildman–Crippen MR) is 78.7 cm³/mol. The molecular formula is C14H14Na2O6S2. The molecule has 120 valence electrons. The first kappa shape index (κ1) is 24.5. The van der Waals surface area contributed by atoms with E-state index in [0.29, 0.717) is 24.5 Å². The molecule has 0 bridgehead atoms. The number of hydrogen-bond donors (Lipinski definition) is 0. The zero-order valence-electron chi connectivity index (χ0n) is 13.5. The molecule has 1 aliphatic carbocycles. The third-order valence-corrected chi connectivity index (χ3v) is 7.11. The Bertz CT molecular complexity index is 782. The minimum Gasteiger partial charge on any atom is -0.747 e. The first-order valence-electron chi connectivity index (χ1n) is 6.49. The average molecular weight is 388 g/mol. The molecule has 0 saturated carbocycles. The largest absolute Gasteiger partial charge is 1.00 e. The van der Waals surface area contributed by atoms with Gasteiger partial charge >= 0.3 is 59.1 Å². The number of allylic oxidation sites excluding steroid dienone is 3. The molecule has 0 unspecified atom stereocenters. The van der Waals surface area contributed by atoms with Gasteiger partial charge in [0.1, 0.15) is 20.2 Å². The summed E-state index contributed by atoms with van der Waals surface area (Å²) < 4.78 is 64.4. The van der Waals surface area contributed by atoms with Crippen LogP contribution in [0, 0.1) is 0 Å². The third-order valence-electron chi connectivity index (χ3n) is 3.59. The van der Waals surface area contributed by atoms with Crippen molar-refractivity contribution in [3.63, 3.8) is 0 Å². The predicted octanol–water partition coefficient (Wildman–Crippen LogP) is -4.70. The molecule has 1 aromatic carbocycles. The first-order valence-corrected chi connectivity index (χ1v) is 9.30. The number of aryl methyl sites for hydroxylation is 1. The van der Waals surface area contributed by atoms with Crippen LogP contribution in [0.15, 0.2) is 54.1 Å². The van der Waals surface area contributed by atoms with E-state index < -0.39 is 30.7 Å². The second kappa shape index (κ2) is 9.45. The monoisotopic (exact) mass is 388 g/mol. The molecule has 24 heavy (non-hydrogen) atoms. The molecule has 0 aliphatic heterocycles.